The molecule has 4 heterocycles. The molecule has 0 N–H and O–H groups in total. The topological polar surface area (TPSA) is 51.8 Å². The van der Waals surface area contributed by atoms with Crippen LogP contribution < -0.4 is 0 Å². The smallest absolute Gasteiger partial charge is 0.216 e. The van der Waals surface area contributed by atoms with Gasteiger partial charge in [0.1, 0.15) is 0 Å². The van der Waals surface area contributed by atoms with Crippen LogP contribution in [0, 0.1) is 19.0 Å². The number of benzene rings is 3. The molecule has 0 spiro atoms. The standard InChI is InChI=1S/C30H27N2O.C11H8N.Ir/c1-20-10-15-26-25-8-5-9-27(29(25)33-30(26)32-20)28-19-22(16-17-31-28)18-21-11-13-24(14-12-21)23-6-3-2-4-7-23;1-2-6-10(7-3-1)11-8-4-5-9-12-11;/h5,8,10-17,19,23H,2-4,6-7,18H2,1H3;1-6,8-9H;/q2*-1;/i1D3;;. The van der Waals surface area contributed by atoms with E-state index in [0.29, 0.717) is 17.2 Å². The van der Waals surface area contributed by atoms with Crippen molar-refractivity contribution in [3.63, 3.8) is 0 Å². The van der Waals surface area contributed by atoms with E-state index in [0.717, 1.165) is 45.3 Å². The van der Waals surface area contributed by atoms with Crippen LogP contribution in [0.3, 0.4) is 0 Å². The summed E-state index contributed by atoms with van der Waals surface area (Å²) >= 11 is 0. The molecule has 1 radical (unpaired) electrons. The van der Waals surface area contributed by atoms with E-state index in [9.17, 15) is 0 Å². The molecular formula is C41H35IrN3O-2. The Hall–Kier alpha value is -4.44. The number of fused-ring (bicyclic) bond motifs is 3. The Morgan fingerprint density at radius 2 is 1.61 bits per heavy atom. The van der Waals surface area contributed by atoms with Crippen LogP contribution in [0.4, 0.5) is 0 Å². The van der Waals surface area contributed by atoms with Crippen molar-refractivity contribution >= 4 is 22.1 Å². The molecule has 46 heavy (non-hydrogen) atoms. The van der Waals surface area contributed by atoms with Crippen molar-refractivity contribution in [1.29, 1.82) is 0 Å². The van der Waals surface area contributed by atoms with Crippen LogP contribution >= 0.6 is 0 Å². The second-order valence-corrected chi connectivity index (χ2v) is 11.5. The maximum absolute atomic E-state index is 7.65. The molecule has 4 aromatic heterocycles. The Bertz CT molecular complexity index is 2090. The van der Waals surface area contributed by atoms with Gasteiger partial charge in [-0.3, -0.25) is 0 Å². The zero-order valence-corrected chi connectivity index (χ0v) is 27.8. The summed E-state index contributed by atoms with van der Waals surface area (Å²) in [6.07, 6.45) is 11.1. The summed E-state index contributed by atoms with van der Waals surface area (Å²) in [6, 6.07) is 40.4. The number of aromatic nitrogens is 3. The molecule has 4 nitrogen and oxygen atoms in total. The summed E-state index contributed by atoms with van der Waals surface area (Å²) in [5, 5.41) is 1.65. The van der Waals surface area contributed by atoms with E-state index >= 15 is 0 Å². The van der Waals surface area contributed by atoms with Gasteiger partial charge in [-0.25, -0.2) is 4.98 Å². The summed E-state index contributed by atoms with van der Waals surface area (Å²) in [6.45, 7) is -2.29. The summed E-state index contributed by atoms with van der Waals surface area (Å²) in [5.74, 6) is 0.713. The molecule has 0 unspecified atom stereocenters. The molecule has 7 aromatic rings. The minimum Gasteiger partial charge on any atom is -0.486 e. The van der Waals surface area contributed by atoms with E-state index in [4.69, 9.17) is 8.53 Å². The van der Waals surface area contributed by atoms with Gasteiger partial charge in [-0.1, -0.05) is 72.7 Å². The first-order valence-corrected chi connectivity index (χ1v) is 15.6. The molecule has 0 amide bonds. The number of aryl methyl sites for hydroxylation is 1. The maximum Gasteiger partial charge on any atom is 0.216 e. The van der Waals surface area contributed by atoms with Gasteiger partial charge in [0.2, 0.25) is 5.71 Å². The average Bonchev–Trinajstić information content (AvgIpc) is 3.52. The SMILES string of the molecule is [2H]C([2H])([2H])c1ccc2c(n1)oc1c(-c3cc(Cc4ccc(C5CCCCC5)cc4)ccn3)[c-]ccc12.[Ir].[c-]1ccccc1-c1ccccn1. The van der Waals surface area contributed by atoms with Gasteiger partial charge in [0.05, 0.1) is 5.58 Å². The van der Waals surface area contributed by atoms with Gasteiger partial charge in [-0.15, -0.1) is 54.1 Å². The van der Waals surface area contributed by atoms with Gasteiger partial charge in [0, 0.05) is 47.7 Å². The molecule has 231 valence electrons. The molecule has 0 saturated heterocycles. The second-order valence-electron chi connectivity index (χ2n) is 11.5. The van der Waals surface area contributed by atoms with Gasteiger partial charge in [-0.05, 0) is 84.4 Å². The Morgan fingerprint density at radius 3 is 2.39 bits per heavy atom. The first-order chi connectivity index (χ1) is 23.4. The van der Waals surface area contributed by atoms with Crippen LogP contribution in [0.5, 0.6) is 0 Å². The van der Waals surface area contributed by atoms with Crippen LogP contribution in [-0.4, -0.2) is 15.0 Å². The van der Waals surface area contributed by atoms with Gasteiger partial charge in [0.25, 0.3) is 0 Å². The van der Waals surface area contributed by atoms with Crippen LogP contribution in [0.2, 0.25) is 0 Å². The number of hydrogen-bond acceptors (Lipinski definition) is 4. The van der Waals surface area contributed by atoms with Gasteiger partial charge >= 0.3 is 0 Å². The normalized spacial score (nSPS) is 14.4. The van der Waals surface area contributed by atoms with Crippen molar-refractivity contribution in [3.05, 3.63) is 150 Å². The maximum atomic E-state index is 7.65. The van der Waals surface area contributed by atoms with E-state index in [1.807, 2.05) is 66.9 Å². The fourth-order valence-electron chi connectivity index (χ4n) is 6.19. The van der Waals surface area contributed by atoms with Crippen molar-refractivity contribution in [2.75, 3.05) is 0 Å². The summed E-state index contributed by atoms with van der Waals surface area (Å²) in [5.41, 5.74) is 8.38. The number of hydrogen-bond donors (Lipinski definition) is 0. The Labute approximate surface area is 288 Å². The van der Waals surface area contributed by atoms with E-state index in [-0.39, 0.29) is 25.8 Å². The average molecular weight is 781 g/mol. The van der Waals surface area contributed by atoms with Crippen LogP contribution in [-0.2, 0) is 26.5 Å². The van der Waals surface area contributed by atoms with Crippen LogP contribution in [0.15, 0.2) is 120 Å². The molecule has 0 aliphatic heterocycles. The number of furan rings is 1. The van der Waals surface area contributed by atoms with Gasteiger partial charge in [0.15, 0.2) is 0 Å². The first kappa shape index (κ1) is 27.8. The Kier molecular flexibility index (Phi) is 8.94. The fourth-order valence-corrected chi connectivity index (χ4v) is 6.19. The molecule has 1 aliphatic rings. The number of nitrogens with zero attached hydrogens (tertiary/aromatic N) is 3. The van der Waals surface area contributed by atoms with E-state index in [2.05, 4.69) is 57.4 Å². The van der Waals surface area contributed by atoms with Crippen LogP contribution in [0.25, 0.3) is 44.6 Å². The molecule has 1 saturated carbocycles. The van der Waals surface area contributed by atoms with E-state index in [1.165, 1.54) is 43.2 Å². The van der Waals surface area contributed by atoms with Gasteiger partial charge < -0.3 is 14.4 Å². The predicted molar refractivity (Wildman–Crippen MR) is 182 cm³/mol. The molecule has 0 atom stereocenters. The molecule has 8 rings (SSSR count). The van der Waals surface area contributed by atoms with Crippen LogP contribution in [0.1, 0.15) is 64.5 Å². The van der Waals surface area contributed by atoms with Crippen molar-refractivity contribution in [2.45, 2.75) is 51.3 Å². The quantitative estimate of drug-likeness (QED) is 0.163. The van der Waals surface area contributed by atoms with Crippen molar-refractivity contribution in [2.24, 2.45) is 0 Å². The zero-order valence-electron chi connectivity index (χ0n) is 28.4. The third kappa shape index (κ3) is 7.17. The third-order valence-electron chi connectivity index (χ3n) is 8.49. The molecule has 3 aromatic carbocycles. The molecule has 5 heteroatoms. The Morgan fingerprint density at radius 1 is 0.761 bits per heavy atom. The van der Waals surface area contributed by atoms with Crippen molar-refractivity contribution in [1.82, 2.24) is 15.0 Å². The minimum atomic E-state index is -2.29. The van der Waals surface area contributed by atoms with E-state index in [1.54, 1.807) is 18.3 Å². The predicted octanol–water partition coefficient (Wildman–Crippen LogP) is 10.3. The molecular weight excluding hydrogens is 743 g/mol. The summed E-state index contributed by atoms with van der Waals surface area (Å²) in [4.78, 5) is 13.1. The summed E-state index contributed by atoms with van der Waals surface area (Å²) in [7, 11) is 0. The van der Waals surface area contributed by atoms with Crippen molar-refractivity contribution in [3.8, 4) is 22.5 Å². The van der Waals surface area contributed by atoms with E-state index < -0.39 is 6.85 Å². The molecule has 1 aliphatic carbocycles. The Balaban J connectivity index is 0.000000270. The zero-order chi connectivity index (χ0) is 32.9. The second kappa shape index (κ2) is 14.8. The van der Waals surface area contributed by atoms with Gasteiger partial charge in [-0.2, -0.15) is 0 Å². The fraction of sp³-hybridized carbons (Fsp3) is 0.195. The minimum absolute atomic E-state index is 0. The third-order valence-corrected chi connectivity index (χ3v) is 8.49. The largest absolute Gasteiger partial charge is 0.486 e. The monoisotopic (exact) mass is 781 g/mol. The summed E-state index contributed by atoms with van der Waals surface area (Å²) < 4.78 is 29.0. The number of rotatable bonds is 5. The molecule has 1 fully saturated rings. The van der Waals surface area contributed by atoms with Crippen molar-refractivity contribution < 1.29 is 28.6 Å². The number of pyridine rings is 3. The first-order valence-electron chi connectivity index (χ1n) is 17.1. The molecule has 0 bridgehead atoms.